The lowest BCUT2D eigenvalue weighted by atomic mass is 10.2. The molecule has 0 aliphatic rings. The number of nitrogens with zero attached hydrogens (tertiary/aromatic N) is 3. The number of nitrogens with one attached hydrogen (secondary N) is 1. The highest BCUT2D eigenvalue weighted by molar-refractivity contribution is 8.00. The third-order valence-corrected chi connectivity index (χ3v) is 5.66. The largest absolute Gasteiger partial charge is 0.325 e. The van der Waals surface area contributed by atoms with Gasteiger partial charge in [-0.05, 0) is 55.8 Å². The van der Waals surface area contributed by atoms with Crippen molar-refractivity contribution in [3.05, 3.63) is 58.9 Å². The third kappa shape index (κ3) is 4.31. The van der Waals surface area contributed by atoms with Crippen molar-refractivity contribution in [3.8, 4) is 11.4 Å². The van der Waals surface area contributed by atoms with Crippen LogP contribution in [-0.2, 0) is 11.8 Å². The first-order valence-corrected chi connectivity index (χ1v) is 9.50. The highest BCUT2D eigenvalue weighted by Gasteiger charge is 2.20. The van der Waals surface area contributed by atoms with Gasteiger partial charge in [0.1, 0.15) is 5.82 Å². The standard InChI is InChI=1S/C19H18ClFN4OS/c1-11-15(20)5-4-6-16(11)22-18(26)12(2)27-19-24-23-17(25(19)3)13-7-9-14(21)10-8-13/h4-10,12H,1-3H3,(H,22,26)/t12-/m1/s1. The number of carbonyl (C=O) groups excluding carboxylic acids is 1. The molecule has 8 heteroatoms. The summed E-state index contributed by atoms with van der Waals surface area (Å²) in [6, 6.07) is 11.4. The molecule has 27 heavy (non-hydrogen) atoms. The van der Waals surface area contributed by atoms with Gasteiger partial charge in [0.2, 0.25) is 5.91 Å². The molecule has 0 radical (unpaired) electrons. The molecule has 0 saturated heterocycles. The molecule has 0 bridgehead atoms. The average molecular weight is 405 g/mol. The van der Waals surface area contributed by atoms with Crippen molar-refractivity contribution in [2.75, 3.05) is 5.32 Å². The summed E-state index contributed by atoms with van der Waals surface area (Å²) in [4.78, 5) is 12.5. The van der Waals surface area contributed by atoms with E-state index in [1.54, 1.807) is 35.8 Å². The molecule has 1 atom stereocenters. The summed E-state index contributed by atoms with van der Waals surface area (Å²) in [5, 5.41) is 12.0. The van der Waals surface area contributed by atoms with E-state index in [9.17, 15) is 9.18 Å². The topological polar surface area (TPSA) is 59.8 Å². The van der Waals surface area contributed by atoms with Gasteiger partial charge in [0.15, 0.2) is 11.0 Å². The number of halogens is 2. The van der Waals surface area contributed by atoms with Crippen LogP contribution in [0.15, 0.2) is 47.6 Å². The van der Waals surface area contributed by atoms with Gasteiger partial charge >= 0.3 is 0 Å². The molecular formula is C19H18ClFN4OS. The van der Waals surface area contributed by atoms with Crippen molar-refractivity contribution in [1.82, 2.24) is 14.8 Å². The van der Waals surface area contributed by atoms with E-state index in [0.717, 1.165) is 11.1 Å². The highest BCUT2D eigenvalue weighted by Crippen LogP contribution is 2.28. The van der Waals surface area contributed by atoms with Crippen LogP contribution in [0.2, 0.25) is 5.02 Å². The second kappa shape index (κ2) is 8.10. The van der Waals surface area contributed by atoms with Gasteiger partial charge in [0.05, 0.1) is 5.25 Å². The molecule has 3 aromatic rings. The van der Waals surface area contributed by atoms with Crippen LogP contribution in [-0.4, -0.2) is 25.9 Å². The number of thioether (sulfide) groups is 1. The van der Waals surface area contributed by atoms with Gasteiger partial charge in [0.25, 0.3) is 0 Å². The molecule has 0 aliphatic heterocycles. The Balaban J connectivity index is 1.72. The summed E-state index contributed by atoms with van der Waals surface area (Å²) >= 11 is 7.39. The quantitative estimate of drug-likeness (QED) is 0.626. The first-order valence-electron chi connectivity index (χ1n) is 8.24. The van der Waals surface area contributed by atoms with Gasteiger partial charge in [-0.2, -0.15) is 0 Å². The lowest BCUT2D eigenvalue weighted by Crippen LogP contribution is -2.23. The summed E-state index contributed by atoms with van der Waals surface area (Å²) in [6.45, 7) is 3.65. The molecule has 0 fully saturated rings. The minimum atomic E-state index is -0.396. The SMILES string of the molecule is Cc1c(Cl)cccc1NC(=O)[C@@H](C)Sc1nnc(-c2ccc(F)cc2)n1C. The van der Waals surface area contributed by atoms with E-state index in [-0.39, 0.29) is 11.7 Å². The maximum atomic E-state index is 13.1. The lowest BCUT2D eigenvalue weighted by Gasteiger charge is -2.13. The van der Waals surface area contributed by atoms with E-state index in [4.69, 9.17) is 11.6 Å². The predicted molar refractivity (Wildman–Crippen MR) is 107 cm³/mol. The molecule has 1 amide bonds. The predicted octanol–water partition coefficient (Wildman–Crippen LogP) is 4.70. The Morgan fingerprint density at radius 1 is 1.22 bits per heavy atom. The zero-order chi connectivity index (χ0) is 19.6. The Morgan fingerprint density at radius 2 is 1.93 bits per heavy atom. The summed E-state index contributed by atoms with van der Waals surface area (Å²) in [5.41, 5.74) is 2.26. The molecule has 2 aromatic carbocycles. The van der Waals surface area contributed by atoms with Gasteiger partial charge in [-0.3, -0.25) is 4.79 Å². The molecule has 3 rings (SSSR count). The molecule has 0 aliphatic carbocycles. The van der Waals surface area contributed by atoms with Gasteiger partial charge in [-0.25, -0.2) is 4.39 Å². The molecule has 140 valence electrons. The molecule has 1 aromatic heterocycles. The molecule has 1 N–H and O–H groups in total. The monoisotopic (exact) mass is 404 g/mol. The fourth-order valence-electron chi connectivity index (χ4n) is 2.46. The lowest BCUT2D eigenvalue weighted by molar-refractivity contribution is -0.115. The van der Waals surface area contributed by atoms with Crippen LogP contribution in [0.3, 0.4) is 0 Å². The Labute approximate surface area is 166 Å². The van der Waals surface area contributed by atoms with E-state index >= 15 is 0 Å². The maximum Gasteiger partial charge on any atom is 0.237 e. The molecule has 0 spiro atoms. The van der Waals surface area contributed by atoms with Gasteiger partial charge in [-0.1, -0.05) is 29.4 Å². The number of hydrogen-bond acceptors (Lipinski definition) is 4. The summed E-state index contributed by atoms with van der Waals surface area (Å²) in [5.74, 6) is 0.143. The Hall–Kier alpha value is -2.38. The Morgan fingerprint density at radius 3 is 2.63 bits per heavy atom. The smallest absolute Gasteiger partial charge is 0.237 e. The second-order valence-electron chi connectivity index (χ2n) is 6.03. The second-order valence-corrected chi connectivity index (χ2v) is 7.75. The van der Waals surface area contributed by atoms with E-state index in [1.165, 1.54) is 23.9 Å². The number of benzene rings is 2. The zero-order valence-electron chi connectivity index (χ0n) is 15.0. The highest BCUT2D eigenvalue weighted by atomic mass is 35.5. The minimum Gasteiger partial charge on any atom is -0.325 e. The molecule has 0 unspecified atom stereocenters. The molecular weight excluding hydrogens is 387 g/mol. The van der Waals surface area contributed by atoms with E-state index in [1.807, 2.05) is 20.0 Å². The van der Waals surface area contributed by atoms with Crippen LogP contribution in [0.5, 0.6) is 0 Å². The minimum absolute atomic E-state index is 0.156. The van der Waals surface area contributed by atoms with Crippen LogP contribution in [0.25, 0.3) is 11.4 Å². The normalized spacial score (nSPS) is 12.0. The maximum absolute atomic E-state index is 13.1. The van der Waals surface area contributed by atoms with Crippen molar-refractivity contribution < 1.29 is 9.18 Å². The molecule has 0 saturated carbocycles. The molecule has 5 nitrogen and oxygen atoms in total. The number of hydrogen-bond donors (Lipinski definition) is 1. The van der Waals surface area contributed by atoms with Crippen LogP contribution in [0, 0.1) is 12.7 Å². The zero-order valence-corrected chi connectivity index (χ0v) is 16.6. The van der Waals surface area contributed by atoms with E-state index in [2.05, 4.69) is 15.5 Å². The first kappa shape index (κ1) is 19.4. The first-order chi connectivity index (χ1) is 12.9. The van der Waals surface area contributed by atoms with Crippen LogP contribution in [0.1, 0.15) is 12.5 Å². The van der Waals surface area contributed by atoms with Crippen LogP contribution in [0.4, 0.5) is 10.1 Å². The van der Waals surface area contributed by atoms with Crippen LogP contribution >= 0.6 is 23.4 Å². The Bertz CT molecular complexity index is 974. The van der Waals surface area contributed by atoms with Crippen molar-refractivity contribution >= 4 is 35.0 Å². The number of carbonyl (C=O) groups is 1. The fourth-order valence-corrected chi connectivity index (χ4v) is 3.45. The number of amides is 1. The fraction of sp³-hybridized carbons (Fsp3) is 0.211. The number of rotatable bonds is 5. The summed E-state index contributed by atoms with van der Waals surface area (Å²) in [6.07, 6.45) is 0. The molecule has 1 heterocycles. The van der Waals surface area contributed by atoms with Crippen LogP contribution < -0.4 is 5.32 Å². The van der Waals surface area contributed by atoms with Crippen molar-refractivity contribution in [2.24, 2.45) is 7.05 Å². The van der Waals surface area contributed by atoms with E-state index < -0.39 is 5.25 Å². The van der Waals surface area contributed by atoms with Crippen molar-refractivity contribution in [2.45, 2.75) is 24.3 Å². The number of aromatic nitrogens is 3. The Kier molecular flexibility index (Phi) is 5.82. The summed E-state index contributed by atoms with van der Waals surface area (Å²) < 4.78 is 14.9. The van der Waals surface area contributed by atoms with E-state index in [0.29, 0.717) is 21.7 Å². The van der Waals surface area contributed by atoms with Gasteiger partial charge < -0.3 is 9.88 Å². The number of anilines is 1. The van der Waals surface area contributed by atoms with Gasteiger partial charge in [0, 0.05) is 23.3 Å². The summed E-state index contributed by atoms with van der Waals surface area (Å²) in [7, 11) is 1.81. The third-order valence-electron chi connectivity index (χ3n) is 4.11. The van der Waals surface area contributed by atoms with Crippen molar-refractivity contribution in [3.63, 3.8) is 0 Å². The average Bonchev–Trinajstić information content (AvgIpc) is 3.00. The van der Waals surface area contributed by atoms with Crippen molar-refractivity contribution in [1.29, 1.82) is 0 Å². The van der Waals surface area contributed by atoms with Gasteiger partial charge in [-0.15, -0.1) is 10.2 Å².